The average Bonchev–Trinajstić information content (AvgIpc) is 2.47. The monoisotopic (exact) mass is 272 g/mol. The Labute approximate surface area is 116 Å². The predicted molar refractivity (Wildman–Crippen MR) is 78.2 cm³/mol. The first kappa shape index (κ1) is 14.0. The minimum atomic E-state index is -0.258. The van der Waals surface area contributed by atoms with Gasteiger partial charge in [0.1, 0.15) is 11.8 Å². The maximum Gasteiger partial charge on any atom is 0.244 e. The van der Waals surface area contributed by atoms with Gasteiger partial charge in [-0.1, -0.05) is 12.1 Å². The van der Waals surface area contributed by atoms with E-state index in [0.717, 1.165) is 6.42 Å². The lowest BCUT2D eigenvalue weighted by molar-refractivity contribution is -0.116. The molecule has 0 fully saturated rings. The van der Waals surface area contributed by atoms with Crippen LogP contribution in [0.3, 0.4) is 0 Å². The molecule has 0 aliphatic carbocycles. The summed E-state index contributed by atoms with van der Waals surface area (Å²) in [5.41, 5.74) is 6.05. The van der Waals surface area contributed by atoms with Crippen LogP contribution in [-0.2, 0) is 4.79 Å². The highest BCUT2D eigenvalue weighted by Gasteiger charge is 2.04. The molecule has 2 rings (SSSR count). The van der Waals surface area contributed by atoms with Gasteiger partial charge in [0.05, 0.1) is 10.9 Å². The smallest absolute Gasteiger partial charge is 0.244 e. The predicted octanol–water partition coefficient (Wildman–Crippen LogP) is 1.27. The van der Waals surface area contributed by atoms with Gasteiger partial charge in [0.2, 0.25) is 5.91 Å². The van der Waals surface area contributed by atoms with Crippen LogP contribution in [0.2, 0.25) is 0 Å². The number of benzene rings is 1. The van der Waals surface area contributed by atoms with Crippen molar-refractivity contribution in [3.63, 3.8) is 0 Å². The summed E-state index contributed by atoms with van der Waals surface area (Å²) in [6.07, 6.45) is 4.85. The highest BCUT2D eigenvalue weighted by molar-refractivity contribution is 5.92. The zero-order chi connectivity index (χ0) is 14.4. The van der Waals surface area contributed by atoms with Crippen molar-refractivity contribution in [1.82, 2.24) is 5.32 Å². The van der Waals surface area contributed by atoms with Crippen molar-refractivity contribution in [2.75, 3.05) is 13.1 Å². The Bertz CT molecular complexity index is 689. The lowest BCUT2D eigenvalue weighted by Gasteiger charge is -2.00. The van der Waals surface area contributed by atoms with Crippen molar-refractivity contribution in [2.45, 2.75) is 6.42 Å². The molecule has 1 amide bonds. The Balaban J connectivity index is 2.16. The van der Waals surface area contributed by atoms with Gasteiger partial charge in [0.15, 0.2) is 5.43 Å². The Kier molecular flexibility index (Phi) is 4.68. The molecular weight excluding hydrogens is 256 g/mol. The third-order valence-electron chi connectivity index (χ3n) is 2.80. The van der Waals surface area contributed by atoms with E-state index in [1.54, 1.807) is 24.3 Å². The van der Waals surface area contributed by atoms with E-state index in [1.807, 2.05) is 0 Å². The number of nitrogens with two attached hydrogens (primary N) is 1. The highest BCUT2D eigenvalue weighted by atomic mass is 16.3. The van der Waals surface area contributed by atoms with E-state index >= 15 is 0 Å². The van der Waals surface area contributed by atoms with E-state index in [1.165, 1.54) is 18.4 Å². The number of hydrogen-bond donors (Lipinski definition) is 2. The first-order valence-corrected chi connectivity index (χ1v) is 6.39. The minimum absolute atomic E-state index is 0.155. The number of hydrogen-bond acceptors (Lipinski definition) is 4. The quantitative estimate of drug-likeness (QED) is 0.634. The normalized spacial score (nSPS) is 11.1. The van der Waals surface area contributed by atoms with Crippen LogP contribution in [-0.4, -0.2) is 19.0 Å². The van der Waals surface area contributed by atoms with Crippen molar-refractivity contribution in [1.29, 1.82) is 0 Å². The number of fused-ring (bicyclic) bond motifs is 1. The van der Waals surface area contributed by atoms with Crippen LogP contribution in [0.1, 0.15) is 12.0 Å². The summed E-state index contributed by atoms with van der Waals surface area (Å²) >= 11 is 0. The van der Waals surface area contributed by atoms with Gasteiger partial charge >= 0.3 is 0 Å². The van der Waals surface area contributed by atoms with Crippen LogP contribution >= 0.6 is 0 Å². The van der Waals surface area contributed by atoms with Gasteiger partial charge in [-0.25, -0.2) is 0 Å². The Morgan fingerprint density at radius 2 is 2.15 bits per heavy atom. The topological polar surface area (TPSA) is 85.3 Å². The van der Waals surface area contributed by atoms with Gasteiger partial charge in [-0.2, -0.15) is 0 Å². The van der Waals surface area contributed by atoms with Crippen molar-refractivity contribution < 1.29 is 9.21 Å². The number of carbonyl (C=O) groups excluding carboxylic acids is 1. The maximum absolute atomic E-state index is 12.1. The van der Waals surface area contributed by atoms with E-state index in [9.17, 15) is 9.59 Å². The Morgan fingerprint density at radius 3 is 2.95 bits per heavy atom. The Morgan fingerprint density at radius 1 is 1.35 bits per heavy atom. The molecule has 0 aliphatic heterocycles. The van der Waals surface area contributed by atoms with Crippen molar-refractivity contribution >= 4 is 23.0 Å². The van der Waals surface area contributed by atoms with Crippen LogP contribution in [0.5, 0.6) is 0 Å². The summed E-state index contributed by atoms with van der Waals surface area (Å²) in [5, 5.41) is 3.17. The summed E-state index contributed by atoms with van der Waals surface area (Å²) in [5.74, 6) is -0.258. The first-order chi connectivity index (χ1) is 9.72. The molecule has 0 spiro atoms. The second-order valence-electron chi connectivity index (χ2n) is 4.28. The number of rotatable bonds is 5. The fourth-order valence-corrected chi connectivity index (χ4v) is 1.75. The van der Waals surface area contributed by atoms with Crippen LogP contribution < -0.4 is 16.5 Å². The summed E-state index contributed by atoms with van der Waals surface area (Å²) in [4.78, 5) is 23.6. The summed E-state index contributed by atoms with van der Waals surface area (Å²) < 4.78 is 5.35. The zero-order valence-electron chi connectivity index (χ0n) is 11.0. The van der Waals surface area contributed by atoms with Crippen molar-refractivity contribution in [3.05, 3.63) is 52.4 Å². The number of carbonyl (C=O) groups is 1. The standard InChI is InChI=1S/C15H16N2O3/c16-8-3-9-17-14(18)7-6-11-10-20-13-5-2-1-4-12(13)15(11)19/h1-2,4-7,10H,3,8-9,16H2,(H,17,18)/b7-6+. The molecule has 1 aromatic carbocycles. The maximum atomic E-state index is 12.1. The summed E-state index contributed by atoms with van der Waals surface area (Å²) in [6, 6.07) is 6.99. The average molecular weight is 272 g/mol. The van der Waals surface area contributed by atoms with Crippen LogP contribution in [0, 0.1) is 0 Å². The fourth-order valence-electron chi connectivity index (χ4n) is 1.75. The molecule has 0 saturated carbocycles. The molecule has 0 unspecified atom stereocenters. The lowest BCUT2D eigenvalue weighted by atomic mass is 10.1. The molecular formula is C15H16N2O3. The van der Waals surface area contributed by atoms with Gasteiger partial charge in [0, 0.05) is 12.6 Å². The third-order valence-corrected chi connectivity index (χ3v) is 2.80. The molecule has 1 aromatic heterocycles. The van der Waals surface area contributed by atoms with Gasteiger partial charge in [-0.15, -0.1) is 0 Å². The van der Waals surface area contributed by atoms with Gasteiger partial charge < -0.3 is 15.5 Å². The van der Waals surface area contributed by atoms with E-state index < -0.39 is 0 Å². The second kappa shape index (κ2) is 6.68. The van der Waals surface area contributed by atoms with E-state index in [-0.39, 0.29) is 11.3 Å². The van der Waals surface area contributed by atoms with Crippen LogP contribution in [0.25, 0.3) is 17.0 Å². The molecule has 104 valence electrons. The van der Waals surface area contributed by atoms with Gasteiger partial charge in [0.25, 0.3) is 0 Å². The molecule has 0 bridgehead atoms. The molecule has 5 nitrogen and oxygen atoms in total. The minimum Gasteiger partial charge on any atom is -0.463 e. The summed E-state index contributed by atoms with van der Waals surface area (Å²) in [6.45, 7) is 1.05. The summed E-state index contributed by atoms with van der Waals surface area (Å²) in [7, 11) is 0. The number of para-hydroxylation sites is 1. The van der Waals surface area contributed by atoms with Crippen molar-refractivity contribution in [3.8, 4) is 0 Å². The molecule has 5 heteroatoms. The van der Waals surface area contributed by atoms with Crippen LogP contribution in [0.4, 0.5) is 0 Å². The third kappa shape index (κ3) is 3.33. The highest BCUT2D eigenvalue weighted by Crippen LogP contribution is 2.10. The van der Waals surface area contributed by atoms with E-state index in [2.05, 4.69) is 5.32 Å². The van der Waals surface area contributed by atoms with Gasteiger partial charge in [-0.05, 0) is 31.2 Å². The molecule has 0 saturated heterocycles. The molecule has 1 heterocycles. The van der Waals surface area contributed by atoms with E-state index in [4.69, 9.17) is 10.2 Å². The number of amides is 1. The molecule has 2 aromatic rings. The SMILES string of the molecule is NCCCNC(=O)/C=C/c1coc2ccccc2c1=O. The molecule has 3 N–H and O–H groups in total. The molecule has 0 radical (unpaired) electrons. The number of nitrogens with one attached hydrogen (secondary N) is 1. The zero-order valence-corrected chi connectivity index (χ0v) is 11.0. The first-order valence-electron chi connectivity index (χ1n) is 6.39. The fraction of sp³-hybridized carbons (Fsp3) is 0.200. The van der Waals surface area contributed by atoms with Gasteiger partial charge in [-0.3, -0.25) is 9.59 Å². The van der Waals surface area contributed by atoms with Crippen molar-refractivity contribution in [2.24, 2.45) is 5.73 Å². The molecule has 0 aliphatic rings. The molecule has 0 atom stereocenters. The molecule has 20 heavy (non-hydrogen) atoms. The lowest BCUT2D eigenvalue weighted by Crippen LogP contribution is -2.23. The van der Waals surface area contributed by atoms with Crippen LogP contribution in [0.15, 0.2) is 45.8 Å². The second-order valence-corrected chi connectivity index (χ2v) is 4.28. The Hall–Kier alpha value is -2.40. The van der Waals surface area contributed by atoms with E-state index in [0.29, 0.717) is 29.6 Å². The largest absolute Gasteiger partial charge is 0.463 e.